The minimum Gasteiger partial charge on any atom is -0.493 e. The number of fused-ring (bicyclic) bond motifs is 1. The molecule has 4 heteroatoms. The van der Waals surface area contributed by atoms with E-state index in [9.17, 15) is 4.79 Å². The van der Waals surface area contributed by atoms with Gasteiger partial charge in [0.05, 0.1) is 6.61 Å². The van der Waals surface area contributed by atoms with E-state index >= 15 is 0 Å². The number of amides is 1. The summed E-state index contributed by atoms with van der Waals surface area (Å²) in [4.78, 5) is 12.7. The highest BCUT2D eigenvalue weighted by atomic mass is 16.5. The third-order valence-corrected chi connectivity index (χ3v) is 4.55. The van der Waals surface area contributed by atoms with Crippen LogP contribution in [0.3, 0.4) is 0 Å². The van der Waals surface area contributed by atoms with Crippen LogP contribution in [-0.4, -0.2) is 25.2 Å². The predicted molar refractivity (Wildman–Crippen MR) is 103 cm³/mol. The maximum Gasteiger partial charge on any atom is 0.256 e. The van der Waals surface area contributed by atoms with Crippen LogP contribution in [-0.2, 0) is 9.53 Å². The van der Waals surface area contributed by atoms with E-state index in [1.807, 2.05) is 50.2 Å². The van der Waals surface area contributed by atoms with Crippen LogP contribution in [0.15, 0.2) is 36.4 Å². The van der Waals surface area contributed by atoms with Gasteiger partial charge in [0.15, 0.2) is 0 Å². The van der Waals surface area contributed by atoms with Crippen LogP contribution in [0.4, 0.5) is 5.69 Å². The van der Waals surface area contributed by atoms with E-state index in [1.54, 1.807) is 7.11 Å². The summed E-state index contributed by atoms with van der Waals surface area (Å²) in [6.45, 7) is 6.71. The minimum atomic E-state index is -0.827. The van der Waals surface area contributed by atoms with Crippen molar-refractivity contribution >= 4 is 22.4 Å². The van der Waals surface area contributed by atoms with Gasteiger partial charge in [0.25, 0.3) is 5.91 Å². The Morgan fingerprint density at radius 3 is 2.44 bits per heavy atom. The van der Waals surface area contributed by atoms with E-state index in [1.165, 1.54) is 0 Å². The Hall–Kier alpha value is -2.07. The number of unbranched alkanes of at least 4 members (excludes halogenated alkanes) is 1. The Labute approximate surface area is 150 Å². The monoisotopic (exact) mass is 343 g/mol. The Bertz CT molecular complexity index is 713. The fourth-order valence-electron chi connectivity index (χ4n) is 2.87. The minimum absolute atomic E-state index is 0.123. The standard InChI is InChI=1S/C21H29NO3/c1-5-7-15-25-19-13-12-18(16-10-8-9-11-17(16)19)22-20(23)21(3,24-4)14-6-2/h8-13H,5-7,14-15H2,1-4H3,(H,22,23)/t21-/m1/s1. The van der Waals surface area contributed by atoms with Gasteiger partial charge >= 0.3 is 0 Å². The fraction of sp³-hybridized carbons (Fsp3) is 0.476. The number of carbonyl (C=O) groups excluding carboxylic acids is 1. The fourth-order valence-corrected chi connectivity index (χ4v) is 2.87. The molecule has 2 aromatic rings. The van der Waals surface area contributed by atoms with Gasteiger partial charge in [0, 0.05) is 23.6 Å². The molecule has 1 amide bonds. The van der Waals surface area contributed by atoms with E-state index in [0.29, 0.717) is 13.0 Å². The van der Waals surface area contributed by atoms with E-state index in [4.69, 9.17) is 9.47 Å². The second kappa shape index (κ2) is 8.86. The molecule has 1 N–H and O–H groups in total. The average molecular weight is 343 g/mol. The summed E-state index contributed by atoms with van der Waals surface area (Å²) in [7, 11) is 1.58. The number of methoxy groups -OCH3 is 1. The molecule has 0 saturated carbocycles. The smallest absolute Gasteiger partial charge is 0.256 e. The van der Waals surface area contributed by atoms with Gasteiger partial charge in [-0.15, -0.1) is 0 Å². The van der Waals surface area contributed by atoms with Gasteiger partial charge in [0.2, 0.25) is 0 Å². The zero-order valence-electron chi connectivity index (χ0n) is 15.7. The molecule has 25 heavy (non-hydrogen) atoms. The number of ether oxygens (including phenoxy) is 2. The molecule has 0 aliphatic carbocycles. The molecule has 0 unspecified atom stereocenters. The molecular weight excluding hydrogens is 314 g/mol. The quantitative estimate of drug-likeness (QED) is 0.640. The van der Waals surface area contributed by atoms with Gasteiger partial charge in [-0.25, -0.2) is 0 Å². The van der Waals surface area contributed by atoms with Crippen molar-refractivity contribution in [3.8, 4) is 5.75 Å². The molecule has 4 nitrogen and oxygen atoms in total. The number of benzene rings is 2. The molecule has 136 valence electrons. The van der Waals surface area contributed by atoms with E-state index < -0.39 is 5.60 Å². The SMILES string of the molecule is CCCCOc1ccc(NC(=O)[C@@](C)(CCC)OC)c2ccccc12. The summed E-state index contributed by atoms with van der Waals surface area (Å²) in [6.07, 6.45) is 3.67. The Kier molecular flexibility index (Phi) is 6.82. The zero-order chi connectivity index (χ0) is 18.3. The highest BCUT2D eigenvalue weighted by Gasteiger charge is 2.32. The first-order valence-corrected chi connectivity index (χ1v) is 9.07. The van der Waals surface area contributed by atoms with Gasteiger partial charge in [0.1, 0.15) is 11.4 Å². The van der Waals surface area contributed by atoms with Crippen molar-refractivity contribution in [2.24, 2.45) is 0 Å². The first kappa shape index (κ1) is 19.3. The highest BCUT2D eigenvalue weighted by Crippen LogP contribution is 2.32. The number of anilines is 1. The molecule has 0 aliphatic heterocycles. The first-order valence-electron chi connectivity index (χ1n) is 9.07. The van der Waals surface area contributed by atoms with Gasteiger partial charge in [-0.05, 0) is 31.9 Å². The molecule has 0 heterocycles. The van der Waals surface area contributed by atoms with Gasteiger partial charge in [-0.3, -0.25) is 4.79 Å². The molecule has 0 saturated heterocycles. The maximum absolute atomic E-state index is 12.7. The Morgan fingerprint density at radius 1 is 1.08 bits per heavy atom. The predicted octanol–water partition coefficient (Wildman–Crippen LogP) is 5.16. The Morgan fingerprint density at radius 2 is 1.80 bits per heavy atom. The number of rotatable bonds is 9. The lowest BCUT2D eigenvalue weighted by Gasteiger charge is -2.26. The lowest BCUT2D eigenvalue weighted by molar-refractivity contribution is -0.136. The van der Waals surface area contributed by atoms with Crippen LogP contribution in [0.25, 0.3) is 10.8 Å². The lowest BCUT2D eigenvalue weighted by Crippen LogP contribution is -2.41. The van der Waals surface area contributed by atoms with Crippen molar-refractivity contribution < 1.29 is 14.3 Å². The normalized spacial score (nSPS) is 13.4. The highest BCUT2D eigenvalue weighted by molar-refractivity contribution is 6.06. The molecule has 2 rings (SSSR count). The Balaban J connectivity index is 2.30. The summed E-state index contributed by atoms with van der Waals surface area (Å²) in [6, 6.07) is 11.8. The molecule has 0 spiro atoms. The summed E-state index contributed by atoms with van der Waals surface area (Å²) >= 11 is 0. The topological polar surface area (TPSA) is 47.6 Å². The van der Waals surface area contributed by atoms with Crippen LogP contribution in [0.2, 0.25) is 0 Å². The average Bonchev–Trinajstić information content (AvgIpc) is 2.63. The van der Waals surface area contributed by atoms with Gasteiger partial charge in [-0.2, -0.15) is 0 Å². The first-order chi connectivity index (χ1) is 12.1. The second-order valence-corrected chi connectivity index (χ2v) is 6.50. The summed E-state index contributed by atoms with van der Waals surface area (Å²) in [5.74, 6) is 0.728. The zero-order valence-corrected chi connectivity index (χ0v) is 15.7. The third kappa shape index (κ3) is 4.51. The van der Waals surface area contributed by atoms with Crippen LogP contribution in [0, 0.1) is 0 Å². The van der Waals surface area contributed by atoms with E-state index in [2.05, 4.69) is 12.2 Å². The van der Waals surface area contributed by atoms with Crippen molar-refractivity contribution in [2.75, 3.05) is 19.0 Å². The van der Waals surface area contributed by atoms with Gasteiger partial charge in [-0.1, -0.05) is 51.0 Å². The molecule has 0 bridgehead atoms. The number of hydrogen-bond acceptors (Lipinski definition) is 3. The van der Waals surface area contributed by atoms with Crippen LogP contribution in [0.5, 0.6) is 5.75 Å². The van der Waals surface area contributed by atoms with Crippen LogP contribution in [0.1, 0.15) is 46.5 Å². The molecular formula is C21H29NO3. The molecule has 0 fully saturated rings. The van der Waals surface area contributed by atoms with Gasteiger partial charge < -0.3 is 14.8 Å². The molecule has 0 aliphatic rings. The number of hydrogen-bond donors (Lipinski definition) is 1. The number of nitrogens with one attached hydrogen (secondary N) is 1. The van der Waals surface area contributed by atoms with E-state index in [-0.39, 0.29) is 5.91 Å². The largest absolute Gasteiger partial charge is 0.493 e. The number of carbonyl (C=O) groups is 1. The van der Waals surface area contributed by atoms with Crippen molar-refractivity contribution in [2.45, 2.75) is 52.1 Å². The third-order valence-electron chi connectivity index (χ3n) is 4.55. The molecule has 2 aromatic carbocycles. The van der Waals surface area contributed by atoms with Crippen molar-refractivity contribution in [1.29, 1.82) is 0 Å². The van der Waals surface area contributed by atoms with Crippen molar-refractivity contribution in [3.05, 3.63) is 36.4 Å². The van der Waals surface area contributed by atoms with Crippen molar-refractivity contribution in [1.82, 2.24) is 0 Å². The van der Waals surface area contributed by atoms with Crippen LogP contribution < -0.4 is 10.1 Å². The summed E-state index contributed by atoms with van der Waals surface area (Å²) in [5, 5.41) is 5.01. The summed E-state index contributed by atoms with van der Waals surface area (Å²) < 4.78 is 11.4. The van der Waals surface area contributed by atoms with E-state index in [0.717, 1.165) is 41.5 Å². The lowest BCUT2D eigenvalue weighted by atomic mass is 9.98. The molecule has 1 atom stereocenters. The molecule has 0 radical (unpaired) electrons. The molecule has 0 aromatic heterocycles. The maximum atomic E-state index is 12.7. The van der Waals surface area contributed by atoms with Crippen LogP contribution >= 0.6 is 0 Å². The van der Waals surface area contributed by atoms with Crippen molar-refractivity contribution in [3.63, 3.8) is 0 Å². The second-order valence-electron chi connectivity index (χ2n) is 6.50. The summed E-state index contributed by atoms with van der Waals surface area (Å²) in [5.41, 5.74) is -0.0468.